The van der Waals surface area contributed by atoms with Crippen molar-refractivity contribution in [2.75, 3.05) is 0 Å². The van der Waals surface area contributed by atoms with Gasteiger partial charge in [0.15, 0.2) is 0 Å². The number of hydrogen-bond acceptors (Lipinski definition) is 2. The third-order valence-corrected chi connectivity index (χ3v) is 1.88. The van der Waals surface area contributed by atoms with Crippen LogP contribution in [-0.2, 0) is 0 Å². The standard InChI is InChI=1S/C10H12O2.Li/c1-6-4-7(2)9(10(11)12)8(3)5-6;/h4-5H,1-3H3,(H,11,12);/q;+1/p-1. The molecule has 13 heavy (non-hydrogen) atoms. The van der Waals surface area contributed by atoms with Gasteiger partial charge in [0.25, 0.3) is 0 Å². The number of carboxylic acids is 1. The van der Waals surface area contributed by atoms with E-state index in [4.69, 9.17) is 0 Å². The third kappa shape index (κ3) is 2.62. The molecule has 1 rings (SSSR count). The smallest absolute Gasteiger partial charge is 0.545 e. The molecule has 0 amide bonds. The largest absolute Gasteiger partial charge is 1.00 e. The van der Waals surface area contributed by atoms with Crippen LogP contribution in [0.15, 0.2) is 12.1 Å². The molecule has 0 radical (unpaired) electrons. The van der Waals surface area contributed by atoms with E-state index in [1.165, 1.54) is 0 Å². The van der Waals surface area contributed by atoms with Gasteiger partial charge in [-0.1, -0.05) is 17.7 Å². The van der Waals surface area contributed by atoms with Crippen LogP contribution >= 0.6 is 0 Å². The Morgan fingerprint density at radius 3 is 1.85 bits per heavy atom. The Morgan fingerprint density at radius 1 is 1.15 bits per heavy atom. The van der Waals surface area contributed by atoms with Crippen LogP contribution in [0, 0.1) is 20.8 Å². The minimum absolute atomic E-state index is 0. The molecule has 0 aromatic heterocycles. The van der Waals surface area contributed by atoms with Gasteiger partial charge in [-0.25, -0.2) is 0 Å². The molecule has 0 aliphatic carbocycles. The van der Waals surface area contributed by atoms with E-state index in [1.54, 1.807) is 13.8 Å². The first-order valence-electron chi connectivity index (χ1n) is 3.81. The van der Waals surface area contributed by atoms with Crippen LogP contribution in [-0.4, -0.2) is 5.97 Å². The van der Waals surface area contributed by atoms with Crippen molar-refractivity contribution >= 4 is 5.97 Å². The van der Waals surface area contributed by atoms with Crippen molar-refractivity contribution in [2.24, 2.45) is 0 Å². The fraction of sp³-hybridized carbons (Fsp3) is 0.300. The molecule has 1 aromatic carbocycles. The molecule has 0 spiro atoms. The molecule has 0 unspecified atom stereocenters. The summed E-state index contributed by atoms with van der Waals surface area (Å²) < 4.78 is 0. The Kier molecular flexibility index (Phi) is 4.26. The topological polar surface area (TPSA) is 40.1 Å². The predicted molar refractivity (Wildman–Crippen MR) is 45.0 cm³/mol. The van der Waals surface area contributed by atoms with Gasteiger partial charge in [-0.15, -0.1) is 0 Å². The van der Waals surface area contributed by atoms with Gasteiger partial charge in [-0.3, -0.25) is 0 Å². The Labute approximate surface area is 90.1 Å². The number of benzene rings is 1. The molecule has 0 atom stereocenters. The molecular formula is C10H11LiO2. The third-order valence-electron chi connectivity index (χ3n) is 1.88. The average molecular weight is 170 g/mol. The second-order valence-electron chi connectivity index (χ2n) is 3.06. The summed E-state index contributed by atoms with van der Waals surface area (Å²) in [6.45, 7) is 5.51. The van der Waals surface area contributed by atoms with Gasteiger partial charge in [0.1, 0.15) is 0 Å². The van der Waals surface area contributed by atoms with Crippen molar-refractivity contribution in [1.29, 1.82) is 0 Å². The van der Waals surface area contributed by atoms with Crippen LogP contribution < -0.4 is 24.0 Å². The summed E-state index contributed by atoms with van der Waals surface area (Å²) in [4.78, 5) is 10.6. The van der Waals surface area contributed by atoms with Crippen molar-refractivity contribution < 1.29 is 28.8 Å². The molecule has 0 saturated heterocycles. The normalized spacial score (nSPS) is 9.15. The molecule has 1 aromatic rings. The first-order chi connectivity index (χ1) is 5.52. The van der Waals surface area contributed by atoms with E-state index < -0.39 is 5.97 Å². The van der Waals surface area contributed by atoms with Gasteiger partial charge in [0.2, 0.25) is 0 Å². The number of aromatic carboxylic acids is 1. The fourth-order valence-corrected chi connectivity index (χ4v) is 1.50. The predicted octanol–water partition coefficient (Wildman–Crippen LogP) is -2.02. The summed E-state index contributed by atoms with van der Waals surface area (Å²) in [5.41, 5.74) is 2.94. The van der Waals surface area contributed by atoms with Gasteiger partial charge < -0.3 is 9.90 Å². The number of carbonyl (C=O) groups excluding carboxylic acids is 1. The van der Waals surface area contributed by atoms with E-state index in [-0.39, 0.29) is 18.9 Å². The summed E-state index contributed by atoms with van der Waals surface area (Å²) in [6.07, 6.45) is 0. The summed E-state index contributed by atoms with van der Waals surface area (Å²) in [7, 11) is 0. The molecule has 0 saturated carbocycles. The first-order valence-corrected chi connectivity index (χ1v) is 3.81. The monoisotopic (exact) mass is 170 g/mol. The van der Waals surface area contributed by atoms with E-state index in [2.05, 4.69) is 0 Å². The van der Waals surface area contributed by atoms with Crippen molar-refractivity contribution in [3.8, 4) is 0 Å². The Balaban J connectivity index is 0.00000144. The molecule has 0 bridgehead atoms. The Morgan fingerprint density at radius 2 is 1.54 bits per heavy atom. The van der Waals surface area contributed by atoms with Crippen LogP contribution in [0.1, 0.15) is 27.0 Å². The van der Waals surface area contributed by atoms with Crippen LogP contribution in [0.25, 0.3) is 0 Å². The van der Waals surface area contributed by atoms with Crippen LogP contribution in [0.4, 0.5) is 0 Å². The van der Waals surface area contributed by atoms with Gasteiger partial charge in [-0.2, -0.15) is 0 Å². The summed E-state index contributed by atoms with van der Waals surface area (Å²) in [6, 6.07) is 3.69. The van der Waals surface area contributed by atoms with Gasteiger partial charge in [0.05, 0.1) is 5.97 Å². The van der Waals surface area contributed by atoms with Gasteiger partial charge >= 0.3 is 18.9 Å². The summed E-state index contributed by atoms with van der Waals surface area (Å²) in [5, 5.41) is 10.6. The fourth-order valence-electron chi connectivity index (χ4n) is 1.50. The number of rotatable bonds is 1. The van der Waals surface area contributed by atoms with Crippen molar-refractivity contribution in [2.45, 2.75) is 20.8 Å². The number of aryl methyl sites for hydroxylation is 3. The maximum Gasteiger partial charge on any atom is 1.00 e. The van der Waals surface area contributed by atoms with Gasteiger partial charge in [0, 0.05) is 5.56 Å². The van der Waals surface area contributed by atoms with Crippen molar-refractivity contribution in [3.63, 3.8) is 0 Å². The number of carboxylic acid groups (broad SMARTS) is 1. The number of carbonyl (C=O) groups is 1. The van der Waals surface area contributed by atoms with Crippen LogP contribution in [0.3, 0.4) is 0 Å². The van der Waals surface area contributed by atoms with E-state index >= 15 is 0 Å². The molecule has 0 N–H and O–H groups in total. The second-order valence-corrected chi connectivity index (χ2v) is 3.06. The average Bonchev–Trinajstić information content (AvgIpc) is 1.82. The molecule has 3 heteroatoms. The maximum absolute atomic E-state index is 10.6. The van der Waals surface area contributed by atoms with E-state index in [0.29, 0.717) is 5.56 Å². The summed E-state index contributed by atoms with van der Waals surface area (Å²) >= 11 is 0. The van der Waals surface area contributed by atoms with E-state index in [9.17, 15) is 9.90 Å². The van der Waals surface area contributed by atoms with E-state index in [0.717, 1.165) is 16.7 Å². The zero-order valence-corrected chi connectivity index (χ0v) is 8.47. The Hall–Kier alpha value is -0.713. The van der Waals surface area contributed by atoms with Crippen LogP contribution in [0.5, 0.6) is 0 Å². The molecule has 0 aliphatic rings. The molecular weight excluding hydrogens is 159 g/mol. The molecule has 2 nitrogen and oxygen atoms in total. The minimum Gasteiger partial charge on any atom is -0.545 e. The molecule has 64 valence electrons. The van der Waals surface area contributed by atoms with Crippen molar-refractivity contribution in [3.05, 3.63) is 34.4 Å². The second kappa shape index (κ2) is 4.50. The zero-order chi connectivity index (χ0) is 9.30. The zero-order valence-electron chi connectivity index (χ0n) is 8.47. The van der Waals surface area contributed by atoms with Gasteiger partial charge in [-0.05, 0) is 31.9 Å². The summed E-state index contributed by atoms with van der Waals surface area (Å²) in [5.74, 6) is -1.09. The Bertz CT molecular complexity index is 309. The first kappa shape index (κ1) is 12.3. The quantitative estimate of drug-likeness (QED) is 0.456. The molecule has 0 heterocycles. The SMILES string of the molecule is Cc1cc(C)c(C(=O)[O-])c(C)c1.[Li+]. The van der Waals surface area contributed by atoms with E-state index in [1.807, 2.05) is 19.1 Å². The minimum atomic E-state index is -1.09. The maximum atomic E-state index is 10.6. The number of hydrogen-bond donors (Lipinski definition) is 0. The van der Waals surface area contributed by atoms with Crippen LogP contribution in [0.2, 0.25) is 0 Å². The van der Waals surface area contributed by atoms with Crippen molar-refractivity contribution in [1.82, 2.24) is 0 Å². The molecule has 0 fully saturated rings. The molecule has 0 aliphatic heterocycles.